The standard InChI is InChI=1S/C19H30N4O2S/c1-22(13-16-6-4-10-26-16)18(24)14-23-9-3-5-15(12-23)11-21-19(25)17-7-2-8-20-17/h4,6,10,15,17,20H,2-3,5,7-9,11-14H2,1H3,(H,21,25). The summed E-state index contributed by atoms with van der Waals surface area (Å²) in [6.07, 6.45) is 4.22. The molecular formula is C19H30N4O2S. The zero-order chi connectivity index (χ0) is 18.4. The van der Waals surface area contributed by atoms with E-state index in [2.05, 4.69) is 21.6 Å². The molecule has 3 heterocycles. The molecule has 2 aliphatic rings. The quantitative estimate of drug-likeness (QED) is 0.750. The van der Waals surface area contributed by atoms with E-state index in [1.165, 1.54) is 4.88 Å². The fraction of sp³-hybridized carbons (Fsp3) is 0.684. The molecule has 0 radical (unpaired) electrons. The highest BCUT2D eigenvalue weighted by Gasteiger charge is 2.25. The summed E-state index contributed by atoms with van der Waals surface area (Å²) in [4.78, 5) is 29.9. The second-order valence-corrected chi connectivity index (χ2v) is 8.50. The van der Waals surface area contributed by atoms with Crippen molar-refractivity contribution in [2.24, 2.45) is 5.92 Å². The fourth-order valence-electron chi connectivity index (χ4n) is 3.77. The number of rotatable bonds is 7. The molecule has 1 aromatic rings. The lowest BCUT2D eigenvalue weighted by atomic mass is 9.97. The van der Waals surface area contributed by atoms with E-state index in [1.54, 1.807) is 11.3 Å². The van der Waals surface area contributed by atoms with Gasteiger partial charge in [0.2, 0.25) is 11.8 Å². The van der Waals surface area contributed by atoms with Gasteiger partial charge in [-0.2, -0.15) is 0 Å². The average molecular weight is 379 g/mol. The van der Waals surface area contributed by atoms with Gasteiger partial charge in [0, 0.05) is 25.0 Å². The minimum Gasteiger partial charge on any atom is -0.354 e. The summed E-state index contributed by atoms with van der Waals surface area (Å²) in [5.74, 6) is 0.731. The molecule has 6 nitrogen and oxygen atoms in total. The van der Waals surface area contributed by atoms with Crippen LogP contribution in [0, 0.1) is 5.92 Å². The van der Waals surface area contributed by atoms with Gasteiger partial charge >= 0.3 is 0 Å². The topological polar surface area (TPSA) is 64.7 Å². The molecule has 2 N–H and O–H groups in total. The van der Waals surface area contributed by atoms with Crippen LogP contribution in [-0.2, 0) is 16.1 Å². The molecule has 26 heavy (non-hydrogen) atoms. The number of thiophene rings is 1. The van der Waals surface area contributed by atoms with Gasteiger partial charge in [0.15, 0.2) is 0 Å². The van der Waals surface area contributed by atoms with Crippen molar-refractivity contribution in [3.8, 4) is 0 Å². The van der Waals surface area contributed by atoms with Crippen LogP contribution in [0.1, 0.15) is 30.6 Å². The van der Waals surface area contributed by atoms with Gasteiger partial charge in [-0.3, -0.25) is 14.5 Å². The zero-order valence-electron chi connectivity index (χ0n) is 15.6. The van der Waals surface area contributed by atoms with E-state index in [-0.39, 0.29) is 17.9 Å². The van der Waals surface area contributed by atoms with Crippen LogP contribution in [0.25, 0.3) is 0 Å². The monoisotopic (exact) mass is 378 g/mol. The van der Waals surface area contributed by atoms with Crippen LogP contribution in [0.3, 0.4) is 0 Å². The Morgan fingerprint density at radius 2 is 2.27 bits per heavy atom. The first-order chi connectivity index (χ1) is 12.6. The minimum absolute atomic E-state index is 0.0119. The van der Waals surface area contributed by atoms with Crippen LogP contribution >= 0.6 is 11.3 Å². The van der Waals surface area contributed by atoms with Gasteiger partial charge in [-0.15, -0.1) is 11.3 Å². The molecule has 7 heteroatoms. The highest BCUT2D eigenvalue weighted by molar-refractivity contribution is 7.09. The third kappa shape index (κ3) is 5.53. The highest BCUT2D eigenvalue weighted by atomic mass is 32.1. The number of hydrogen-bond donors (Lipinski definition) is 2. The lowest BCUT2D eigenvalue weighted by Crippen LogP contribution is -2.47. The van der Waals surface area contributed by atoms with E-state index >= 15 is 0 Å². The van der Waals surface area contributed by atoms with Crippen molar-refractivity contribution in [3.05, 3.63) is 22.4 Å². The molecule has 144 valence electrons. The van der Waals surface area contributed by atoms with Gasteiger partial charge in [0.25, 0.3) is 0 Å². The second kappa shape index (κ2) is 9.48. The van der Waals surface area contributed by atoms with E-state index in [4.69, 9.17) is 0 Å². The number of amides is 2. The Balaban J connectivity index is 1.39. The van der Waals surface area contributed by atoms with Crippen molar-refractivity contribution < 1.29 is 9.59 Å². The van der Waals surface area contributed by atoms with Gasteiger partial charge in [-0.05, 0) is 56.1 Å². The predicted octanol–water partition coefficient (Wildman–Crippen LogP) is 1.29. The van der Waals surface area contributed by atoms with Crippen LogP contribution in [0.15, 0.2) is 17.5 Å². The first-order valence-corrected chi connectivity index (χ1v) is 10.5. The minimum atomic E-state index is -0.0119. The molecule has 2 saturated heterocycles. The third-order valence-electron chi connectivity index (χ3n) is 5.30. The summed E-state index contributed by atoms with van der Waals surface area (Å²) < 4.78 is 0. The molecule has 2 aliphatic heterocycles. The molecule has 2 unspecified atom stereocenters. The van der Waals surface area contributed by atoms with E-state index in [0.29, 0.717) is 25.6 Å². The summed E-state index contributed by atoms with van der Waals surface area (Å²) in [7, 11) is 1.87. The predicted molar refractivity (Wildman–Crippen MR) is 104 cm³/mol. The molecule has 2 amide bonds. The van der Waals surface area contributed by atoms with Crippen molar-refractivity contribution in [2.75, 3.05) is 39.8 Å². The summed E-state index contributed by atoms with van der Waals surface area (Å²) in [6.45, 7) is 4.65. The number of hydrogen-bond acceptors (Lipinski definition) is 5. The lowest BCUT2D eigenvalue weighted by molar-refractivity contribution is -0.132. The summed E-state index contributed by atoms with van der Waals surface area (Å²) in [6, 6.07) is 4.07. The maximum Gasteiger partial charge on any atom is 0.237 e. The second-order valence-electron chi connectivity index (χ2n) is 7.47. The molecular weight excluding hydrogens is 348 g/mol. The van der Waals surface area contributed by atoms with Crippen LogP contribution in [0.2, 0.25) is 0 Å². The molecule has 0 bridgehead atoms. The number of nitrogens with one attached hydrogen (secondary N) is 2. The number of carbonyl (C=O) groups excluding carboxylic acids is 2. The molecule has 0 spiro atoms. The third-order valence-corrected chi connectivity index (χ3v) is 6.16. The van der Waals surface area contributed by atoms with Crippen LogP contribution in [0.5, 0.6) is 0 Å². The fourth-order valence-corrected chi connectivity index (χ4v) is 4.53. The van der Waals surface area contributed by atoms with Crippen LogP contribution in [0.4, 0.5) is 0 Å². The first-order valence-electron chi connectivity index (χ1n) is 9.61. The zero-order valence-corrected chi connectivity index (χ0v) is 16.4. The van der Waals surface area contributed by atoms with Crippen LogP contribution in [-0.4, -0.2) is 67.4 Å². The smallest absolute Gasteiger partial charge is 0.237 e. The number of carbonyl (C=O) groups is 2. The number of likely N-dealkylation sites (tertiary alicyclic amines) is 1. The Hall–Kier alpha value is -1.44. The van der Waals surface area contributed by atoms with Gasteiger partial charge in [0.1, 0.15) is 0 Å². The molecule has 2 atom stereocenters. The largest absolute Gasteiger partial charge is 0.354 e. The number of nitrogens with zero attached hydrogens (tertiary/aromatic N) is 2. The van der Waals surface area contributed by atoms with Crippen molar-refractivity contribution in [3.63, 3.8) is 0 Å². The molecule has 3 rings (SSSR count). The van der Waals surface area contributed by atoms with E-state index in [0.717, 1.165) is 45.3 Å². The lowest BCUT2D eigenvalue weighted by Gasteiger charge is -2.33. The maximum absolute atomic E-state index is 12.5. The molecule has 0 aromatic carbocycles. The van der Waals surface area contributed by atoms with Crippen molar-refractivity contribution in [2.45, 2.75) is 38.3 Å². The average Bonchev–Trinajstić information content (AvgIpc) is 3.33. The van der Waals surface area contributed by atoms with Crippen molar-refractivity contribution >= 4 is 23.2 Å². The SMILES string of the molecule is CN(Cc1cccs1)C(=O)CN1CCCC(CNC(=O)C2CCCN2)C1. The van der Waals surface area contributed by atoms with Gasteiger partial charge in [0.05, 0.1) is 19.1 Å². The van der Waals surface area contributed by atoms with Gasteiger partial charge < -0.3 is 15.5 Å². The summed E-state index contributed by atoms with van der Waals surface area (Å²) in [5, 5.41) is 8.38. The Bertz CT molecular complexity index is 586. The first kappa shape index (κ1) is 19.3. The van der Waals surface area contributed by atoms with Gasteiger partial charge in [-0.25, -0.2) is 0 Å². The highest BCUT2D eigenvalue weighted by Crippen LogP contribution is 2.17. The maximum atomic E-state index is 12.5. The molecule has 0 saturated carbocycles. The normalized spacial score (nSPS) is 23.7. The van der Waals surface area contributed by atoms with Crippen LogP contribution < -0.4 is 10.6 Å². The van der Waals surface area contributed by atoms with Gasteiger partial charge in [-0.1, -0.05) is 6.07 Å². The number of likely N-dealkylation sites (N-methyl/N-ethyl adjacent to an activating group) is 1. The summed E-state index contributed by atoms with van der Waals surface area (Å²) in [5.41, 5.74) is 0. The molecule has 0 aliphatic carbocycles. The molecule has 1 aromatic heterocycles. The Morgan fingerprint density at radius 1 is 1.38 bits per heavy atom. The van der Waals surface area contributed by atoms with E-state index in [9.17, 15) is 9.59 Å². The van der Waals surface area contributed by atoms with Crippen molar-refractivity contribution in [1.29, 1.82) is 0 Å². The summed E-state index contributed by atoms with van der Waals surface area (Å²) >= 11 is 1.68. The van der Waals surface area contributed by atoms with E-state index in [1.807, 2.05) is 23.4 Å². The Kier molecular flexibility index (Phi) is 7.05. The molecule has 2 fully saturated rings. The van der Waals surface area contributed by atoms with Crippen molar-refractivity contribution in [1.82, 2.24) is 20.4 Å². The van der Waals surface area contributed by atoms with E-state index < -0.39 is 0 Å². The number of piperidine rings is 1. The Morgan fingerprint density at radius 3 is 3.00 bits per heavy atom. The Labute approximate surface area is 159 Å².